The fourth-order valence-corrected chi connectivity index (χ4v) is 20.1. The molecule has 0 unspecified atom stereocenters. The van der Waals surface area contributed by atoms with E-state index in [-0.39, 0.29) is 0 Å². The van der Waals surface area contributed by atoms with Gasteiger partial charge >= 0.3 is 0 Å². The van der Waals surface area contributed by atoms with Gasteiger partial charge < -0.3 is 18.1 Å². The van der Waals surface area contributed by atoms with Gasteiger partial charge in [0.2, 0.25) is 0 Å². The van der Waals surface area contributed by atoms with Crippen LogP contribution in [0.15, 0.2) is 466 Å². The van der Waals surface area contributed by atoms with E-state index in [0.29, 0.717) is 34.9 Å². The van der Waals surface area contributed by atoms with E-state index in [9.17, 15) is 0 Å². The zero-order valence-corrected chi connectivity index (χ0v) is 72.3. The molecule has 0 aliphatic rings. The van der Waals surface area contributed by atoms with Crippen LogP contribution in [0, 0.1) is 0 Å². The van der Waals surface area contributed by atoms with Crippen LogP contribution in [0.25, 0.3) is 260 Å². The van der Waals surface area contributed by atoms with Gasteiger partial charge in [-0.1, -0.05) is 340 Å². The maximum Gasteiger partial charge on any atom is 0.166 e. The molecular formula is C123H76N10O. The van der Waals surface area contributed by atoms with Crippen molar-refractivity contribution in [1.82, 2.24) is 48.6 Å². The van der Waals surface area contributed by atoms with Crippen LogP contribution < -0.4 is 0 Å². The summed E-state index contributed by atoms with van der Waals surface area (Å²) < 4.78 is 13.5. The topological polar surface area (TPSA) is 118 Å². The van der Waals surface area contributed by atoms with Crippen LogP contribution in [0.1, 0.15) is 0 Å². The highest BCUT2D eigenvalue weighted by atomic mass is 16.3. The van der Waals surface area contributed by atoms with E-state index >= 15 is 0 Å². The molecule has 7 aromatic heterocycles. The highest BCUT2D eigenvalue weighted by Crippen LogP contribution is 2.45. The number of aromatic nitrogens is 10. The predicted octanol–water partition coefficient (Wildman–Crippen LogP) is 31.6. The molecule has 0 amide bonds. The Morgan fingerprint density at radius 2 is 0.560 bits per heavy atom. The molecule has 0 aliphatic heterocycles. The number of fused-ring (bicyclic) bond motifs is 16. The van der Waals surface area contributed by atoms with Crippen LogP contribution >= 0.6 is 0 Å². The van der Waals surface area contributed by atoms with Crippen molar-refractivity contribution in [3.05, 3.63) is 461 Å². The zero-order chi connectivity index (χ0) is 88.3. The lowest BCUT2D eigenvalue weighted by Gasteiger charge is -2.12. The third-order valence-corrected chi connectivity index (χ3v) is 26.5. The quantitative estimate of drug-likeness (QED) is 0.112. The lowest BCUT2D eigenvalue weighted by molar-refractivity contribution is 0.670. The summed E-state index contributed by atoms with van der Waals surface area (Å²) in [6.07, 6.45) is 1.82. The first-order valence-electron chi connectivity index (χ1n) is 45.2. The first-order chi connectivity index (χ1) is 66.4. The molecule has 0 N–H and O–H groups in total. The summed E-state index contributed by atoms with van der Waals surface area (Å²) in [6, 6.07) is 161. The minimum atomic E-state index is 0.585. The van der Waals surface area contributed by atoms with Gasteiger partial charge in [-0.15, -0.1) is 0 Å². The molecule has 20 aromatic carbocycles. The first kappa shape index (κ1) is 77.0. The van der Waals surface area contributed by atoms with E-state index in [1.807, 2.05) is 36.5 Å². The van der Waals surface area contributed by atoms with Crippen LogP contribution in [0.5, 0.6) is 0 Å². The number of benzene rings is 20. The van der Waals surface area contributed by atoms with Crippen LogP contribution in [0.2, 0.25) is 0 Å². The second-order valence-corrected chi connectivity index (χ2v) is 34.2. The Balaban J connectivity index is 0.000000140. The Morgan fingerprint density at radius 1 is 0.179 bits per heavy atom. The van der Waals surface area contributed by atoms with Gasteiger partial charge in [0.15, 0.2) is 34.9 Å². The molecule has 624 valence electrons. The SMILES string of the molecule is c1ccc(-n2c3ccccc3c3c(-c4ccc(-n5c6ccccc6c6cc(-c7cccc(-c8nc(-c9ccc%10ccccc%10c9)nc(-c9cccc%10ccccc9%10)n8)c7)ccc65)cc4)cccc32)cc1.c1ccc2c(-c3nc(-c4ccc(-c5ccc6c(c5)c5ccccc5n6-c5ccc(-c6cccc7c6oc6ccccc67)cc5)cc4)nc(-c4cccc5cccnc45)n3)cccc2c1. The summed E-state index contributed by atoms with van der Waals surface area (Å²) in [7, 11) is 0. The number of nitrogens with zero attached hydrogens (tertiary/aromatic N) is 10. The molecule has 27 aromatic rings. The van der Waals surface area contributed by atoms with Crippen molar-refractivity contribution in [2.45, 2.75) is 0 Å². The minimum Gasteiger partial charge on any atom is -0.455 e. The minimum absolute atomic E-state index is 0.585. The standard InChI is InChI=1S/C65H41N5.C58H35N5O/c1-2-21-50(22-3-1)70-59-29-11-9-25-56(59)62-53(26-14-30-61(62)70)44-33-36-51(37-34-44)69-58-28-10-8-24-54(58)57-41-47(35-38-60(57)69)46-19-12-20-48(40-46)63-66-64(49-32-31-42-15-4-5-17-45(42)39-49)68-65(67-63)55-27-13-18-43-16-6-7-23-52(43)55;1-2-15-43-37(11-1)12-7-20-48(43)57-60-56(61-58(62-57)49-21-8-13-39-14-10-34-59-54(39)49)40-26-24-36(25-27-40)41-30-33-52-50(35-41)45-16-3-5-22-51(45)63(52)42-31-28-38(29-32-42)44-18-9-19-47-46-17-4-6-23-53(46)64-55(44)47/h1-41H;1-35H. The number of furan rings is 1. The highest BCUT2D eigenvalue weighted by Gasteiger charge is 2.24. The Labute approximate surface area is 769 Å². The van der Waals surface area contributed by atoms with Gasteiger partial charge in [0, 0.05) is 111 Å². The molecular weight excluding hydrogens is 1630 g/mol. The van der Waals surface area contributed by atoms with Crippen LogP contribution in [-0.2, 0) is 0 Å². The van der Waals surface area contributed by atoms with Crippen LogP contribution in [0.4, 0.5) is 0 Å². The Morgan fingerprint density at radius 3 is 1.22 bits per heavy atom. The van der Waals surface area contributed by atoms with Crippen molar-refractivity contribution in [2.24, 2.45) is 0 Å². The summed E-state index contributed by atoms with van der Waals surface area (Å²) in [4.78, 5) is 35.7. The van der Waals surface area contributed by atoms with E-state index in [1.54, 1.807) is 0 Å². The summed E-state index contributed by atoms with van der Waals surface area (Å²) in [6.45, 7) is 0. The number of para-hydroxylation sites is 7. The molecule has 0 saturated heterocycles. The molecule has 7 heterocycles. The van der Waals surface area contributed by atoms with Gasteiger partial charge in [-0.05, 0) is 187 Å². The van der Waals surface area contributed by atoms with Gasteiger partial charge in [0.25, 0.3) is 0 Å². The maximum absolute atomic E-state index is 6.38. The first-order valence-corrected chi connectivity index (χ1v) is 45.2. The van der Waals surface area contributed by atoms with E-state index in [1.165, 1.54) is 59.9 Å². The smallest absolute Gasteiger partial charge is 0.166 e. The van der Waals surface area contributed by atoms with Gasteiger partial charge in [-0.25, -0.2) is 29.9 Å². The third kappa shape index (κ3) is 13.2. The monoisotopic (exact) mass is 1710 g/mol. The summed E-state index contributed by atoms with van der Waals surface area (Å²) in [5, 5.41) is 17.4. The third-order valence-electron chi connectivity index (χ3n) is 26.5. The molecule has 0 aliphatic carbocycles. The maximum atomic E-state index is 6.38. The van der Waals surface area contributed by atoms with Gasteiger partial charge in [0.05, 0.1) is 38.6 Å². The van der Waals surface area contributed by atoms with E-state index in [2.05, 4.69) is 438 Å². The lowest BCUT2D eigenvalue weighted by Crippen LogP contribution is -2.01. The molecule has 0 bridgehead atoms. The van der Waals surface area contributed by atoms with Gasteiger partial charge in [-0.2, -0.15) is 0 Å². The van der Waals surface area contributed by atoms with Crippen molar-refractivity contribution in [1.29, 1.82) is 0 Å². The molecule has 11 heteroatoms. The zero-order valence-electron chi connectivity index (χ0n) is 72.3. The van der Waals surface area contributed by atoms with Crippen LogP contribution in [-0.4, -0.2) is 48.6 Å². The average Bonchev–Trinajstić information content (AvgIpc) is 1.58. The molecule has 0 saturated carbocycles. The Bertz CT molecular complexity index is 9280. The van der Waals surface area contributed by atoms with E-state index in [0.717, 1.165) is 166 Å². The fraction of sp³-hybridized carbons (Fsp3) is 0. The van der Waals surface area contributed by atoms with Crippen molar-refractivity contribution in [3.8, 4) is 130 Å². The lowest BCUT2D eigenvalue weighted by atomic mass is 9.99. The fourth-order valence-electron chi connectivity index (χ4n) is 20.1. The normalized spacial score (nSPS) is 11.7. The Kier molecular flexibility index (Phi) is 18.3. The number of hydrogen-bond acceptors (Lipinski definition) is 8. The summed E-state index contributed by atoms with van der Waals surface area (Å²) in [5.74, 6) is 3.72. The van der Waals surface area contributed by atoms with E-state index < -0.39 is 0 Å². The average molecular weight is 1710 g/mol. The number of rotatable bonds is 13. The molecule has 0 fully saturated rings. The van der Waals surface area contributed by atoms with Crippen molar-refractivity contribution >= 4 is 131 Å². The van der Waals surface area contributed by atoms with E-state index in [4.69, 9.17) is 39.3 Å². The molecule has 27 rings (SSSR count). The van der Waals surface area contributed by atoms with Gasteiger partial charge in [0.1, 0.15) is 11.2 Å². The van der Waals surface area contributed by atoms with Crippen LogP contribution in [0.3, 0.4) is 0 Å². The summed E-state index contributed by atoms with van der Waals surface area (Å²) in [5.41, 5.74) is 27.7. The number of pyridine rings is 1. The number of hydrogen-bond donors (Lipinski definition) is 0. The van der Waals surface area contributed by atoms with Crippen molar-refractivity contribution < 1.29 is 4.42 Å². The molecule has 0 atom stereocenters. The Hall–Kier alpha value is -18.2. The largest absolute Gasteiger partial charge is 0.455 e. The second kappa shape index (κ2) is 31.9. The second-order valence-electron chi connectivity index (χ2n) is 34.2. The highest BCUT2D eigenvalue weighted by molar-refractivity contribution is 6.17. The van der Waals surface area contributed by atoms with Crippen molar-refractivity contribution in [2.75, 3.05) is 0 Å². The molecule has 134 heavy (non-hydrogen) atoms. The molecule has 0 radical (unpaired) electrons. The predicted molar refractivity (Wildman–Crippen MR) is 552 cm³/mol. The molecule has 0 spiro atoms. The summed E-state index contributed by atoms with van der Waals surface area (Å²) >= 11 is 0. The molecule has 11 nitrogen and oxygen atoms in total. The van der Waals surface area contributed by atoms with Gasteiger partial charge in [-0.3, -0.25) is 4.98 Å². The van der Waals surface area contributed by atoms with Crippen molar-refractivity contribution in [3.63, 3.8) is 0 Å².